The minimum Gasteiger partial charge on any atom is -0.487 e. The van der Waals surface area contributed by atoms with Crippen LogP contribution in [-0.2, 0) is 37.5 Å². The maximum Gasteiger partial charge on any atom is 0.415 e. The van der Waals surface area contributed by atoms with Crippen LogP contribution in [-0.4, -0.2) is 67.8 Å². The van der Waals surface area contributed by atoms with Crippen molar-refractivity contribution in [3.8, 4) is 5.75 Å². The number of ether oxygens (including phenoxy) is 3. The van der Waals surface area contributed by atoms with Crippen molar-refractivity contribution in [2.24, 2.45) is 0 Å². The van der Waals surface area contributed by atoms with Crippen molar-refractivity contribution in [2.75, 3.05) is 22.3 Å². The van der Waals surface area contributed by atoms with Gasteiger partial charge in [-0.25, -0.2) is 23.0 Å². The van der Waals surface area contributed by atoms with E-state index in [-0.39, 0.29) is 42.6 Å². The van der Waals surface area contributed by atoms with Crippen molar-refractivity contribution >= 4 is 39.7 Å². The number of hydrogen-bond donors (Lipinski definition) is 1. The summed E-state index contributed by atoms with van der Waals surface area (Å²) in [4.78, 5) is 42.1. The van der Waals surface area contributed by atoms with Gasteiger partial charge in [-0.3, -0.25) is 9.69 Å². The average Bonchev–Trinajstić information content (AvgIpc) is 3.43. The smallest absolute Gasteiger partial charge is 0.415 e. The van der Waals surface area contributed by atoms with Gasteiger partial charge in [0.05, 0.1) is 11.7 Å². The fraction of sp³-hybridized carbons (Fsp3) is 0.531. The Kier molecular flexibility index (Phi) is 9.81. The quantitative estimate of drug-likeness (QED) is 0.403. The topological polar surface area (TPSA) is 135 Å². The Morgan fingerprint density at radius 3 is 2.26 bits per heavy atom. The summed E-state index contributed by atoms with van der Waals surface area (Å²) in [7, 11) is -4.43. The van der Waals surface area contributed by atoms with Gasteiger partial charge in [-0.15, -0.1) is 0 Å². The van der Waals surface area contributed by atoms with E-state index >= 15 is 4.39 Å². The van der Waals surface area contributed by atoms with E-state index in [1.165, 1.54) is 15.9 Å². The molecule has 1 fully saturated rings. The summed E-state index contributed by atoms with van der Waals surface area (Å²) in [5.74, 6) is -1.99. The van der Waals surface area contributed by atoms with E-state index in [0.29, 0.717) is 10.7 Å². The van der Waals surface area contributed by atoms with Gasteiger partial charge in [0.15, 0.2) is 5.82 Å². The van der Waals surface area contributed by atoms with Gasteiger partial charge in [-0.05, 0) is 60.5 Å². The number of carbonyl (C=O) groups excluding carboxylic acids is 3. The van der Waals surface area contributed by atoms with Gasteiger partial charge in [0.1, 0.15) is 35.8 Å². The molecule has 46 heavy (non-hydrogen) atoms. The summed E-state index contributed by atoms with van der Waals surface area (Å²) in [6.45, 7) is 13.3. The van der Waals surface area contributed by atoms with Crippen LogP contribution >= 0.6 is 0 Å². The molecule has 3 amide bonds. The predicted octanol–water partition coefficient (Wildman–Crippen LogP) is 5.29. The number of halogens is 1. The second-order valence-electron chi connectivity index (χ2n) is 13.4. The third-order valence-corrected chi connectivity index (χ3v) is 8.78. The molecule has 0 aromatic heterocycles. The molecular formula is C32H43FN4O8S. The zero-order valence-corrected chi connectivity index (χ0v) is 28.4. The Bertz CT molecular complexity index is 1590. The molecule has 14 heteroatoms. The molecule has 0 spiro atoms. The van der Waals surface area contributed by atoms with E-state index in [0.717, 1.165) is 5.56 Å². The lowest BCUT2D eigenvalue weighted by molar-refractivity contribution is -0.117. The Labute approximate surface area is 269 Å². The highest BCUT2D eigenvalue weighted by molar-refractivity contribution is 7.92. The average molecular weight is 663 g/mol. The number of hydrogen-bond acceptors (Lipinski definition) is 8. The molecule has 2 heterocycles. The van der Waals surface area contributed by atoms with E-state index < -0.39 is 63.6 Å². The van der Waals surface area contributed by atoms with Crippen LogP contribution < -0.4 is 18.7 Å². The zero-order chi connectivity index (χ0) is 34.2. The number of amides is 3. The van der Waals surface area contributed by atoms with E-state index in [4.69, 9.17) is 14.2 Å². The van der Waals surface area contributed by atoms with Gasteiger partial charge in [0.25, 0.3) is 5.91 Å². The van der Waals surface area contributed by atoms with Crippen LogP contribution in [0, 0.1) is 5.82 Å². The monoisotopic (exact) mass is 662 g/mol. The molecule has 252 valence electrons. The van der Waals surface area contributed by atoms with Crippen molar-refractivity contribution < 1.29 is 41.4 Å². The Morgan fingerprint density at radius 2 is 1.72 bits per heavy atom. The minimum atomic E-state index is -4.43. The number of fused-ring (bicyclic) bond motifs is 1. The first kappa shape index (κ1) is 34.8. The lowest BCUT2D eigenvalue weighted by Gasteiger charge is -2.36. The van der Waals surface area contributed by atoms with Crippen LogP contribution in [0.1, 0.15) is 72.9 Å². The van der Waals surface area contributed by atoms with Crippen LogP contribution in [0.2, 0.25) is 0 Å². The van der Waals surface area contributed by atoms with Crippen molar-refractivity contribution in [1.82, 2.24) is 9.62 Å². The van der Waals surface area contributed by atoms with E-state index in [1.54, 1.807) is 65.8 Å². The Morgan fingerprint density at radius 1 is 1.09 bits per heavy atom. The number of nitrogens with zero attached hydrogens (tertiary/aromatic N) is 3. The molecule has 2 aliphatic heterocycles. The highest BCUT2D eigenvalue weighted by atomic mass is 32.2. The first-order valence-corrected chi connectivity index (χ1v) is 16.6. The first-order valence-electron chi connectivity index (χ1n) is 15.2. The summed E-state index contributed by atoms with van der Waals surface area (Å²) in [6, 6.07) is 9.24. The standard InChI is InChI=1S/C32H43FN4O8S/c1-9-20(2)35(29(39)44-31(3,4)5)17-22-15-23-24(37(22)30(40)45-32(6,7)8)16-25(43-19-21-13-11-10-12-14-21)28(27(23)33)36-18-26(38)34-46(36,41)42/h10-14,16,20,22H,9,15,17-19H2,1-8H3,(H,34,38)/t20-,22-/m1/s1. The van der Waals surface area contributed by atoms with E-state index in [2.05, 4.69) is 0 Å². The maximum absolute atomic E-state index is 16.8. The molecule has 2 aromatic carbocycles. The molecule has 2 atom stereocenters. The molecule has 0 aliphatic carbocycles. The molecule has 0 saturated carbocycles. The van der Waals surface area contributed by atoms with Gasteiger partial charge < -0.3 is 19.1 Å². The van der Waals surface area contributed by atoms with Crippen molar-refractivity contribution in [3.05, 3.63) is 53.3 Å². The summed E-state index contributed by atoms with van der Waals surface area (Å²) in [5, 5.41) is 0. The molecular weight excluding hydrogens is 619 g/mol. The molecule has 2 aliphatic rings. The fourth-order valence-corrected chi connectivity index (χ4v) is 6.37. The van der Waals surface area contributed by atoms with Gasteiger partial charge in [0.2, 0.25) is 0 Å². The van der Waals surface area contributed by atoms with Gasteiger partial charge in [-0.2, -0.15) is 8.42 Å². The third kappa shape index (κ3) is 7.83. The van der Waals surface area contributed by atoms with E-state index in [1.807, 2.05) is 24.6 Å². The SMILES string of the molecule is CC[C@@H](C)N(C[C@H]1Cc2c(cc(OCc3ccccc3)c(N3CC(=O)NS3(=O)=O)c2F)N1C(=O)OC(C)(C)C)C(=O)OC(C)(C)C. The lowest BCUT2D eigenvalue weighted by Crippen LogP contribution is -2.51. The molecule has 0 bridgehead atoms. The number of rotatable bonds is 8. The molecule has 12 nitrogen and oxygen atoms in total. The van der Waals surface area contributed by atoms with Crippen LogP contribution in [0.5, 0.6) is 5.75 Å². The summed E-state index contributed by atoms with van der Waals surface area (Å²) >= 11 is 0. The molecule has 1 N–H and O–H groups in total. The number of carbonyl (C=O) groups is 3. The van der Waals surface area contributed by atoms with Gasteiger partial charge in [0, 0.05) is 30.6 Å². The fourth-order valence-electron chi connectivity index (χ4n) is 5.21. The molecule has 2 aromatic rings. The van der Waals surface area contributed by atoms with Crippen molar-refractivity contribution in [1.29, 1.82) is 0 Å². The maximum atomic E-state index is 16.8. The second-order valence-corrected chi connectivity index (χ2v) is 15.0. The van der Waals surface area contributed by atoms with Crippen molar-refractivity contribution in [3.63, 3.8) is 0 Å². The summed E-state index contributed by atoms with van der Waals surface area (Å²) in [6.07, 6.45) is -0.883. The largest absolute Gasteiger partial charge is 0.487 e. The molecule has 0 unspecified atom stereocenters. The first-order chi connectivity index (χ1) is 21.3. The molecule has 0 radical (unpaired) electrons. The normalized spacial score (nSPS) is 18.1. The Balaban J connectivity index is 1.85. The predicted molar refractivity (Wildman–Crippen MR) is 170 cm³/mol. The number of anilines is 2. The Hall–Kier alpha value is -4.07. The zero-order valence-electron chi connectivity index (χ0n) is 27.5. The van der Waals surface area contributed by atoms with Crippen LogP contribution in [0.15, 0.2) is 36.4 Å². The van der Waals surface area contributed by atoms with Crippen LogP contribution in [0.4, 0.5) is 25.4 Å². The number of benzene rings is 2. The molecule has 4 rings (SSSR count). The third-order valence-electron chi connectivity index (χ3n) is 7.40. The molecule has 1 saturated heterocycles. The van der Waals surface area contributed by atoms with Crippen LogP contribution in [0.25, 0.3) is 0 Å². The number of nitrogens with one attached hydrogen (secondary N) is 1. The van der Waals surface area contributed by atoms with E-state index in [9.17, 15) is 22.8 Å². The van der Waals surface area contributed by atoms with Crippen molar-refractivity contribution in [2.45, 2.75) is 98.1 Å². The van der Waals surface area contributed by atoms with Crippen LogP contribution in [0.3, 0.4) is 0 Å². The lowest BCUT2D eigenvalue weighted by atomic mass is 10.1. The van der Waals surface area contributed by atoms with Gasteiger partial charge in [-0.1, -0.05) is 37.3 Å². The second kappa shape index (κ2) is 13.0. The highest BCUT2D eigenvalue weighted by Crippen LogP contribution is 2.46. The van der Waals surface area contributed by atoms with Gasteiger partial charge >= 0.3 is 22.4 Å². The summed E-state index contributed by atoms with van der Waals surface area (Å²) < 4.78 is 62.5. The highest BCUT2D eigenvalue weighted by Gasteiger charge is 2.45. The summed E-state index contributed by atoms with van der Waals surface area (Å²) in [5.41, 5.74) is -1.31. The minimum absolute atomic E-state index is 0.0146.